The summed E-state index contributed by atoms with van der Waals surface area (Å²) in [6, 6.07) is 0.0475. The first-order valence-electron chi connectivity index (χ1n) is 6.43. The molecule has 110 valence electrons. The zero-order valence-corrected chi connectivity index (χ0v) is 12.7. The number of ether oxygens (including phenoxy) is 1. The highest BCUT2D eigenvalue weighted by molar-refractivity contribution is 7.12. The van der Waals surface area contributed by atoms with Gasteiger partial charge < -0.3 is 15.0 Å². The second-order valence-corrected chi connectivity index (χ2v) is 5.62. The monoisotopic (exact) mass is 317 g/mol. The predicted octanol–water partition coefficient (Wildman–Crippen LogP) is 2.15. The van der Waals surface area contributed by atoms with E-state index in [1.54, 1.807) is 17.3 Å². The number of likely N-dealkylation sites (tertiary alicyclic amines) is 1. The maximum Gasteiger partial charge on any atom is 0.409 e. The van der Waals surface area contributed by atoms with E-state index in [2.05, 4.69) is 10.3 Å². The molecule has 0 bridgehead atoms. The lowest BCUT2D eigenvalue weighted by molar-refractivity contribution is 0.0863. The van der Waals surface area contributed by atoms with E-state index in [9.17, 15) is 9.59 Å². The number of hydrogen-bond acceptors (Lipinski definition) is 5. The molecule has 1 aliphatic heterocycles. The molecular weight excluding hydrogens is 302 g/mol. The van der Waals surface area contributed by atoms with Crippen LogP contribution >= 0.6 is 22.9 Å². The van der Waals surface area contributed by atoms with Crippen molar-refractivity contribution in [2.45, 2.75) is 25.8 Å². The van der Waals surface area contributed by atoms with Gasteiger partial charge in [0.15, 0.2) is 5.15 Å². The van der Waals surface area contributed by atoms with Crippen molar-refractivity contribution in [3.8, 4) is 0 Å². The smallest absolute Gasteiger partial charge is 0.409 e. The van der Waals surface area contributed by atoms with Gasteiger partial charge in [-0.2, -0.15) is 0 Å². The average Bonchev–Trinajstić information content (AvgIpc) is 2.86. The second kappa shape index (κ2) is 6.90. The highest BCUT2D eigenvalue weighted by atomic mass is 35.5. The Kier molecular flexibility index (Phi) is 5.19. The SMILES string of the molecule is CCOC(=O)N1CCC(NC(=O)c2scnc2Cl)CC1. The van der Waals surface area contributed by atoms with Gasteiger partial charge in [-0.25, -0.2) is 9.78 Å². The summed E-state index contributed by atoms with van der Waals surface area (Å²) in [5.41, 5.74) is 1.54. The predicted molar refractivity (Wildman–Crippen MR) is 76.2 cm³/mol. The van der Waals surface area contributed by atoms with Crippen molar-refractivity contribution in [1.29, 1.82) is 0 Å². The van der Waals surface area contributed by atoms with Gasteiger partial charge >= 0.3 is 6.09 Å². The van der Waals surface area contributed by atoms with Crippen LogP contribution in [0.5, 0.6) is 0 Å². The molecular formula is C12H16ClN3O3S. The molecule has 6 nitrogen and oxygen atoms in total. The Bertz CT molecular complexity index is 486. The largest absolute Gasteiger partial charge is 0.450 e. The fraction of sp³-hybridized carbons (Fsp3) is 0.583. The van der Waals surface area contributed by atoms with Gasteiger partial charge in [0.2, 0.25) is 0 Å². The maximum absolute atomic E-state index is 12.0. The molecule has 1 N–H and O–H groups in total. The third-order valence-electron chi connectivity index (χ3n) is 3.09. The molecule has 0 atom stereocenters. The summed E-state index contributed by atoms with van der Waals surface area (Å²) in [6.07, 6.45) is 1.13. The van der Waals surface area contributed by atoms with E-state index >= 15 is 0 Å². The minimum atomic E-state index is -0.289. The number of thiazole rings is 1. The first kappa shape index (κ1) is 15.1. The van der Waals surface area contributed by atoms with Gasteiger partial charge in [0.05, 0.1) is 12.1 Å². The third kappa shape index (κ3) is 3.61. The number of nitrogens with zero attached hydrogens (tertiary/aromatic N) is 2. The number of rotatable bonds is 3. The van der Waals surface area contributed by atoms with Gasteiger partial charge in [-0.05, 0) is 19.8 Å². The Labute approximate surface area is 126 Å². The number of halogens is 1. The maximum atomic E-state index is 12.0. The van der Waals surface area contributed by atoms with Crippen molar-refractivity contribution < 1.29 is 14.3 Å². The Morgan fingerprint density at radius 1 is 1.55 bits per heavy atom. The summed E-state index contributed by atoms with van der Waals surface area (Å²) in [7, 11) is 0. The van der Waals surface area contributed by atoms with Crippen molar-refractivity contribution in [2.75, 3.05) is 19.7 Å². The van der Waals surface area contributed by atoms with Crippen LogP contribution < -0.4 is 5.32 Å². The molecule has 20 heavy (non-hydrogen) atoms. The van der Waals surface area contributed by atoms with Crippen molar-refractivity contribution in [1.82, 2.24) is 15.2 Å². The summed E-state index contributed by atoms with van der Waals surface area (Å²) in [5, 5.41) is 3.15. The first-order valence-corrected chi connectivity index (χ1v) is 7.69. The molecule has 0 saturated carbocycles. The molecule has 8 heteroatoms. The Morgan fingerprint density at radius 2 is 2.25 bits per heavy atom. The number of aromatic nitrogens is 1. The van der Waals surface area contributed by atoms with Crippen LogP contribution in [-0.4, -0.2) is 47.6 Å². The molecule has 0 spiro atoms. The van der Waals surface area contributed by atoms with Crippen LogP contribution in [0.2, 0.25) is 5.15 Å². The minimum Gasteiger partial charge on any atom is -0.450 e. The molecule has 2 heterocycles. The number of amides is 2. The fourth-order valence-corrected chi connectivity index (χ4v) is 2.96. The molecule has 0 aromatic carbocycles. The van der Waals surface area contributed by atoms with E-state index in [1.165, 1.54) is 11.3 Å². The fourth-order valence-electron chi connectivity index (χ4n) is 2.05. The number of carbonyl (C=O) groups excluding carboxylic acids is 2. The van der Waals surface area contributed by atoms with Gasteiger partial charge in [0, 0.05) is 19.1 Å². The summed E-state index contributed by atoms with van der Waals surface area (Å²) >= 11 is 7.04. The molecule has 0 radical (unpaired) electrons. The molecule has 1 aromatic heterocycles. The summed E-state index contributed by atoms with van der Waals surface area (Å²) in [6.45, 7) is 3.32. The first-order chi connectivity index (χ1) is 9.61. The highest BCUT2D eigenvalue weighted by Gasteiger charge is 2.25. The highest BCUT2D eigenvalue weighted by Crippen LogP contribution is 2.19. The Hall–Kier alpha value is -1.34. The van der Waals surface area contributed by atoms with Crippen LogP contribution in [0.15, 0.2) is 5.51 Å². The minimum absolute atomic E-state index is 0.0475. The van der Waals surface area contributed by atoms with E-state index in [0.717, 1.165) is 0 Å². The average molecular weight is 318 g/mol. The summed E-state index contributed by atoms with van der Waals surface area (Å²) in [4.78, 5) is 29.5. The van der Waals surface area contributed by atoms with Crippen LogP contribution in [0, 0.1) is 0 Å². The normalized spacial score (nSPS) is 16.0. The van der Waals surface area contributed by atoms with Crippen LogP contribution in [0.25, 0.3) is 0 Å². The summed E-state index contributed by atoms with van der Waals surface area (Å²) < 4.78 is 4.95. The quantitative estimate of drug-likeness (QED) is 0.927. The molecule has 0 aliphatic carbocycles. The third-order valence-corrected chi connectivity index (χ3v) is 4.31. The van der Waals surface area contributed by atoms with Gasteiger partial charge in [-0.3, -0.25) is 4.79 Å². The molecule has 2 amide bonds. The molecule has 1 saturated heterocycles. The number of carbonyl (C=O) groups is 2. The lowest BCUT2D eigenvalue weighted by atomic mass is 10.1. The zero-order valence-electron chi connectivity index (χ0n) is 11.1. The van der Waals surface area contributed by atoms with Crippen molar-refractivity contribution in [2.24, 2.45) is 0 Å². The van der Waals surface area contributed by atoms with E-state index in [1.807, 2.05) is 0 Å². The Balaban J connectivity index is 1.81. The Morgan fingerprint density at radius 3 is 2.80 bits per heavy atom. The molecule has 1 aromatic rings. The summed E-state index contributed by atoms with van der Waals surface area (Å²) in [5.74, 6) is -0.202. The second-order valence-electron chi connectivity index (χ2n) is 4.41. The van der Waals surface area contributed by atoms with Gasteiger partial charge in [0.1, 0.15) is 4.88 Å². The molecule has 1 fully saturated rings. The van der Waals surface area contributed by atoms with Crippen LogP contribution in [-0.2, 0) is 4.74 Å². The van der Waals surface area contributed by atoms with Crippen LogP contribution in [0.3, 0.4) is 0 Å². The van der Waals surface area contributed by atoms with Crippen LogP contribution in [0.1, 0.15) is 29.4 Å². The molecule has 0 unspecified atom stereocenters. The lowest BCUT2D eigenvalue weighted by Crippen LogP contribution is -2.46. The van der Waals surface area contributed by atoms with Gasteiger partial charge in [-0.1, -0.05) is 11.6 Å². The van der Waals surface area contributed by atoms with Crippen molar-refractivity contribution in [3.63, 3.8) is 0 Å². The molecule has 2 rings (SSSR count). The number of hydrogen-bond donors (Lipinski definition) is 1. The van der Waals surface area contributed by atoms with E-state index in [4.69, 9.17) is 16.3 Å². The van der Waals surface area contributed by atoms with Gasteiger partial charge in [-0.15, -0.1) is 11.3 Å². The standard InChI is InChI=1S/C12H16ClN3O3S/c1-2-19-12(18)16-5-3-8(4-6-16)15-11(17)9-10(13)14-7-20-9/h7-8H,2-6H2,1H3,(H,15,17). The van der Waals surface area contributed by atoms with Crippen LogP contribution in [0.4, 0.5) is 4.79 Å². The van der Waals surface area contributed by atoms with Crippen molar-refractivity contribution >= 4 is 34.9 Å². The molecule has 1 aliphatic rings. The van der Waals surface area contributed by atoms with Gasteiger partial charge in [0.25, 0.3) is 5.91 Å². The lowest BCUT2D eigenvalue weighted by Gasteiger charge is -2.31. The van der Waals surface area contributed by atoms with E-state index in [0.29, 0.717) is 37.4 Å². The number of piperidine rings is 1. The number of nitrogens with one attached hydrogen (secondary N) is 1. The van der Waals surface area contributed by atoms with Crippen molar-refractivity contribution in [3.05, 3.63) is 15.5 Å². The topological polar surface area (TPSA) is 71.5 Å². The zero-order chi connectivity index (χ0) is 14.5. The van der Waals surface area contributed by atoms with E-state index < -0.39 is 0 Å². The van der Waals surface area contributed by atoms with E-state index in [-0.39, 0.29) is 23.2 Å².